The van der Waals surface area contributed by atoms with Gasteiger partial charge in [-0.3, -0.25) is 9.79 Å². The Morgan fingerprint density at radius 2 is 2.00 bits per heavy atom. The summed E-state index contributed by atoms with van der Waals surface area (Å²) in [5.74, 6) is 3.46. The van der Waals surface area contributed by atoms with Gasteiger partial charge < -0.3 is 16.2 Å². The van der Waals surface area contributed by atoms with Gasteiger partial charge in [-0.15, -0.1) is 0 Å². The second kappa shape index (κ2) is 9.30. The van der Waals surface area contributed by atoms with Crippen LogP contribution in [0.1, 0.15) is 90.4 Å². The van der Waals surface area contributed by atoms with Crippen LogP contribution in [0.15, 0.2) is 28.3 Å². The summed E-state index contributed by atoms with van der Waals surface area (Å²) in [7, 11) is 4.29. The SMILES string of the molecule is C[C@]12CCSSC3(CCCCC3)[C@]3(CCCC4=C5C[C@H]1C[C@H](CO)[C@H]1CC=C[C@H](C4=O)[C@@]512)CCN=C(N)N3. The molecular formula is C31H45N3O2S2. The highest BCUT2D eigenvalue weighted by Crippen LogP contribution is 2.78. The van der Waals surface area contributed by atoms with E-state index in [-0.39, 0.29) is 33.6 Å². The predicted octanol–water partition coefficient (Wildman–Crippen LogP) is 5.79. The molecule has 7 atom stereocenters. The van der Waals surface area contributed by atoms with E-state index in [2.05, 4.69) is 51.0 Å². The molecule has 7 rings (SSSR count). The van der Waals surface area contributed by atoms with E-state index in [0.717, 1.165) is 57.2 Å². The Hall–Kier alpha value is -0.920. The number of allylic oxidation sites excluding steroid dienone is 4. The van der Waals surface area contributed by atoms with Crippen molar-refractivity contribution in [1.29, 1.82) is 0 Å². The maximum atomic E-state index is 14.3. The van der Waals surface area contributed by atoms with Gasteiger partial charge in [-0.25, -0.2) is 0 Å². The fraction of sp³-hybridized carbons (Fsp3) is 0.806. The number of aliphatic imine (C=N–C) groups is 1. The fourth-order valence-electron chi connectivity index (χ4n) is 11.0. The number of hydrogen-bond acceptors (Lipinski definition) is 7. The maximum absolute atomic E-state index is 14.3. The minimum absolute atomic E-state index is 0.00887. The van der Waals surface area contributed by atoms with Crippen LogP contribution in [0.25, 0.3) is 0 Å². The zero-order valence-electron chi connectivity index (χ0n) is 23.0. The lowest BCUT2D eigenvalue weighted by molar-refractivity contribution is -0.134. The standard InChI is InChI=1S/C31H45N3O2S2/c1-28-14-16-37-38-30(11-3-2-4-12-30)29(13-15-33-27(32)34-29)10-6-7-22-25-18-21(28)17-20(19-35)23-8-5-9-24(26(22)36)31(23,25)28/h5,9,20-21,23-24,35H,2-4,6-8,10-19H2,1H3,(H3,32,33,34)/t20-,21-,23-,24-,28+,29+,31-/m1/s1. The molecule has 38 heavy (non-hydrogen) atoms. The molecule has 7 aliphatic rings. The molecule has 3 spiro atoms. The van der Waals surface area contributed by atoms with Crippen molar-refractivity contribution >= 4 is 33.3 Å². The number of ketones is 1. The third-order valence-electron chi connectivity index (χ3n) is 12.6. The first-order chi connectivity index (χ1) is 18.4. The van der Waals surface area contributed by atoms with Crippen molar-refractivity contribution in [3.8, 4) is 0 Å². The number of guanidine groups is 1. The van der Waals surface area contributed by atoms with Crippen LogP contribution in [-0.4, -0.2) is 46.0 Å². The Bertz CT molecular complexity index is 1100. The molecule has 5 nitrogen and oxygen atoms in total. The van der Waals surface area contributed by atoms with E-state index >= 15 is 0 Å². The molecule has 2 aliphatic heterocycles. The average Bonchev–Trinajstić information content (AvgIpc) is 3.22. The van der Waals surface area contributed by atoms with Gasteiger partial charge >= 0.3 is 0 Å². The zero-order valence-corrected chi connectivity index (χ0v) is 24.6. The van der Waals surface area contributed by atoms with Gasteiger partial charge in [0.1, 0.15) is 0 Å². The Labute approximate surface area is 236 Å². The van der Waals surface area contributed by atoms with Crippen molar-refractivity contribution in [3.05, 3.63) is 23.3 Å². The van der Waals surface area contributed by atoms with Crippen LogP contribution < -0.4 is 11.1 Å². The summed E-state index contributed by atoms with van der Waals surface area (Å²) >= 11 is 0. The Balaban J connectivity index is 1.32. The summed E-state index contributed by atoms with van der Waals surface area (Å²) in [4.78, 5) is 18.8. The van der Waals surface area contributed by atoms with Gasteiger partial charge in [-0.2, -0.15) is 0 Å². The van der Waals surface area contributed by atoms with Crippen LogP contribution in [0.2, 0.25) is 0 Å². The third kappa shape index (κ3) is 3.30. The van der Waals surface area contributed by atoms with Crippen LogP contribution in [0.5, 0.6) is 0 Å². The molecule has 0 saturated heterocycles. The van der Waals surface area contributed by atoms with Crippen LogP contribution in [-0.2, 0) is 4.79 Å². The molecule has 0 aromatic heterocycles. The van der Waals surface area contributed by atoms with E-state index in [1.807, 2.05) is 0 Å². The molecule has 7 heteroatoms. The third-order valence-corrected chi connectivity index (χ3v) is 16.0. The predicted molar refractivity (Wildman–Crippen MR) is 158 cm³/mol. The highest BCUT2D eigenvalue weighted by Gasteiger charge is 2.73. The average molecular weight is 556 g/mol. The summed E-state index contributed by atoms with van der Waals surface area (Å²) in [6.07, 6.45) is 19.4. The molecule has 5 bridgehead atoms. The topological polar surface area (TPSA) is 87.7 Å². The van der Waals surface area contributed by atoms with Gasteiger partial charge in [0.05, 0.1) is 11.5 Å². The first-order valence-corrected chi connectivity index (χ1v) is 17.7. The van der Waals surface area contributed by atoms with Crippen molar-refractivity contribution in [1.82, 2.24) is 5.32 Å². The van der Waals surface area contributed by atoms with Crippen molar-refractivity contribution in [2.45, 2.75) is 101 Å². The lowest BCUT2D eigenvalue weighted by Crippen LogP contribution is -2.66. The highest BCUT2D eigenvalue weighted by atomic mass is 33.1. The minimum Gasteiger partial charge on any atom is -0.396 e. The molecule has 4 N–H and O–H groups in total. The molecular weight excluding hydrogens is 510 g/mol. The van der Waals surface area contributed by atoms with Gasteiger partial charge in [-0.1, -0.05) is 65.5 Å². The summed E-state index contributed by atoms with van der Waals surface area (Å²) in [5, 5.41) is 14.3. The number of aliphatic hydroxyl groups excluding tert-OH is 1. The van der Waals surface area contributed by atoms with Crippen molar-refractivity contribution in [3.63, 3.8) is 0 Å². The second-order valence-electron chi connectivity index (χ2n) is 13.7. The number of carbonyl (C=O) groups excluding carboxylic acids is 1. The van der Waals surface area contributed by atoms with E-state index in [1.165, 1.54) is 49.7 Å². The number of Topliss-reactive ketones (excluding diaryl/α,β-unsaturated/α-hetero) is 1. The molecule has 3 saturated carbocycles. The summed E-state index contributed by atoms with van der Waals surface area (Å²) in [6.45, 7) is 3.62. The number of hydrogen-bond donors (Lipinski definition) is 3. The van der Waals surface area contributed by atoms with Crippen molar-refractivity contribution < 1.29 is 9.90 Å². The number of nitrogens with one attached hydrogen (secondary N) is 1. The molecule has 2 heterocycles. The molecule has 3 fully saturated rings. The number of nitrogens with zero attached hydrogens (tertiary/aromatic N) is 1. The molecule has 0 unspecified atom stereocenters. The number of carbonyl (C=O) groups is 1. The van der Waals surface area contributed by atoms with Gasteiger partial charge in [0.2, 0.25) is 0 Å². The molecule has 0 aromatic carbocycles. The van der Waals surface area contributed by atoms with E-state index in [9.17, 15) is 9.90 Å². The lowest BCUT2D eigenvalue weighted by Gasteiger charge is -2.60. The Morgan fingerprint density at radius 3 is 2.79 bits per heavy atom. The summed E-state index contributed by atoms with van der Waals surface area (Å²) in [5.41, 5.74) is 9.12. The van der Waals surface area contributed by atoms with Crippen molar-refractivity contribution in [2.75, 3.05) is 18.9 Å². The smallest absolute Gasteiger partial charge is 0.189 e. The van der Waals surface area contributed by atoms with Crippen molar-refractivity contribution in [2.24, 2.45) is 45.2 Å². The second-order valence-corrected chi connectivity index (χ2v) is 16.5. The molecule has 0 amide bonds. The first-order valence-electron chi connectivity index (χ1n) is 15.3. The summed E-state index contributed by atoms with van der Waals surface area (Å²) in [6, 6.07) is 0. The molecule has 0 aromatic rings. The Morgan fingerprint density at radius 1 is 1.16 bits per heavy atom. The van der Waals surface area contributed by atoms with Crippen LogP contribution in [0.3, 0.4) is 0 Å². The lowest BCUT2D eigenvalue weighted by atomic mass is 9.44. The molecule has 5 aliphatic carbocycles. The van der Waals surface area contributed by atoms with Gasteiger partial charge in [0, 0.05) is 29.1 Å². The van der Waals surface area contributed by atoms with Gasteiger partial charge in [0.25, 0.3) is 0 Å². The highest BCUT2D eigenvalue weighted by molar-refractivity contribution is 8.77. The fourth-order valence-corrected chi connectivity index (χ4v) is 14.8. The number of fused-ring (bicyclic) bond motifs is 1. The van der Waals surface area contributed by atoms with E-state index in [1.54, 1.807) is 0 Å². The van der Waals surface area contributed by atoms with E-state index < -0.39 is 0 Å². The maximum Gasteiger partial charge on any atom is 0.189 e. The van der Waals surface area contributed by atoms with Crippen LogP contribution in [0, 0.1) is 34.5 Å². The molecule has 0 radical (unpaired) electrons. The van der Waals surface area contributed by atoms with Crippen LogP contribution >= 0.6 is 21.6 Å². The van der Waals surface area contributed by atoms with Gasteiger partial charge in [-0.05, 0) is 93.0 Å². The van der Waals surface area contributed by atoms with E-state index in [0.29, 0.717) is 29.5 Å². The summed E-state index contributed by atoms with van der Waals surface area (Å²) < 4.78 is 0.167. The number of nitrogens with two attached hydrogens (primary N) is 1. The van der Waals surface area contributed by atoms with Gasteiger partial charge in [0.15, 0.2) is 11.7 Å². The number of rotatable bonds is 1. The Kier molecular flexibility index (Phi) is 6.37. The van der Waals surface area contributed by atoms with Crippen LogP contribution in [0.4, 0.5) is 0 Å². The zero-order chi connectivity index (χ0) is 26.2. The quantitative estimate of drug-likeness (QED) is 0.281. The normalized spacial score (nSPS) is 45.8. The minimum atomic E-state index is -0.0653. The van der Waals surface area contributed by atoms with E-state index in [4.69, 9.17) is 5.73 Å². The number of aliphatic hydroxyl groups is 1. The largest absolute Gasteiger partial charge is 0.396 e. The first kappa shape index (κ1) is 26.0. The monoisotopic (exact) mass is 555 g/mol. The molecule has 208 valence electrons.